The highest BCUT2D eigenvalue weighted by Crippen LogP contribution is 2.34. The van der Waals surface area contributed by atoms with E-state index in [9.17, 15) is 8.42 Å². The Hall–Kier alpha value is -1.07. The van der Waals surface area contributed by atoms with Crippen LogP contribution in [0.2, 0.25) is 0 Å². The molecule has 1 N–H and O–H groups in total. The summed E-state index contributed by atoms with van der Waals surface area (Å²) in [4.78, 5) is 0. The van der Waals surface area contributed by atoms with Gasteiger partial charge < -0.3 is 10.1 Å². The normalized spacial score (nSPS) is 23.2. The zero-order valence-corrected chi connectivity index (χ0v) is 11.9. The molecule has 0 atom stereocenters. The van der Waals surface area contributed by atoms with Crippen LogP contribution in [0.4, 0.5) is 0 Å². The third-order valence-electron chi connectivity index (χ3n) is 3.82. The summed E-state index contributed by atoms with van der Waals surface area (Å²) in [6.07, 6.45) is 1.03. The summed E-state index contributed by atoms with van der Waals surface area (Å²) in [5.41, 5.74) is 2.34. The molecule has 104 valence electrons. The van der Waals surface area contributed by atoms with Crippen LogP contribution in [-0.2, 0) is 22.8 Å². The van der Waals surface area contributed by atoms with Crippen LogP contribution < -0.4 is 10.1 Å². The number of benzene rings is 1. The monoisotopic (exact) mass is 281 g/mol. The van der Waals surface area contributed by atoms with Gasteiger partial charge in [-0.15, -0.1) is 0 Å². The summed E-state index contributed by atoms with van der Waals surface area (Å²) < 4.78 is 28.5. The van der Waals surface area contributed by atoms with Crippen molar-refractivity contribution in [1.82, 2.24) is 5.32 Å². The average molecular weight is 281 g/mol. The van der Waals surface area contributed by atoms with E-state index >= 15 is 0 Å². The fourth-order valence-corrected chi connectivity index (χ4v) is 5.18. The number of sulfone groups is 1. The van der Waals surface area contributed by atoms with Crippen LogP contribution in [0.5, 0.6) is 5.75 Å². The minimum Gasteiger partial charge on any atom is -0.493 e. The lowest BCUT2D eigenvalue weighted by Gasteiger charge is -2.37. The summed E-state index contributed by atoms with van der Waals surface area (Å²) in [5.74, 6) is 1.39. The van der Waals surface area contributed by atoms with Gasteiger partial charge >= 0.3 is 0 Å². The largest absolute Gasteiger partial charge is 0.493 e. The second-order valence-corrected chi connectivity index (χ2v) is 8.02. The Labute approximate surface area is 114 Å². The summed E-state index contributed by atoms with van der Waals surface area (Å²) in [5, 5.41) is 3.34. The predicted molar refractivity (Wildman–Crippen MR) is 74.1 cm³/mol. The van der Waals surface area contributed by atoms with Gasteiger partial charge in [0.2, 0.25) is 0 Å². The van der Waals surface area contributed by atoms with Gasteiger partial charge in [0.25, 0.3) is 0 Å². The van der Waals surface area contributed by atoms with Gasteiger partial charge in [0, 0.05) is 17.5 Å². The molecular formula is C14H19NO3S. The van der Waals surface area contributed by atoms with Gasteiger partial charge in [-0.25, -0.2) is 8.42 Å². The first-order chi connectivity index (χ1) is 8.98. The van der Waals surface area contributed by atoms with E-state index in [-0.39, 0.29) is 16.9 Å². The van der Waals surface area contributed by atoms with Crippen molar-refractivity contribution in [1.29, 1.82) is 0 Å². The van der Waals surface area contributed by atoms with Crippen molar-refractivity contribution >= 4 is 9.84 Å². The lowest BCUT2D eigenvalue weighted by Crippen LogP contribution is -2.50. The van der Waals surface area contributed by atoms with E-state index in [0.29, 0.717) is 6.61 Å². The molecule has 0 aliphatic carbocycles. The second-order valence-electron chi connectivity index (χ2n) is 5.95. The number of ether oxygens (including phenoxy) is 1. The molecule has 1 saturated heterocycles. The summed E-state index contributed by atoms with van der Waals surface area (Å²) in [7, 11) is -2.80. The minimum absolute atomic E-state index is 0.219. The van der Waals surface area contributed by atoms with Crippen LogP contribution in [-0.4, -0.2) is 33.1 Å². The molecule has 1 fully saturated rings. The van der Waals surface area contributed by atoms with Crippen LogP contribution in [0.15, 0.2) is 18.2 Å². The molecule has 19 heavy (non-hydrogen) atoms. The quantitative estimate of drug-likeness (QED) is 0.903. The molecule has 5 heteroatoms. The van der Waals surface area contributed by atoms with Crippen molar-refractivity contribution in [3.8, 4) is 5.75 Å². The Morgan fingerprint density at radius 1 is 1.37 bits per heavy atom. The summed E-state index contributed by atoms with van der Waals surface area (Å²) in [6.45, 7) is 4.29. The van der Waals surface area contributed by atoms with Crippen molar-refractivity contribution in [2.75, 3.05) is 24.7 Å². The van der Waals surface area contributed by atoms with E-state index < -0.39 is 9.84 Å². The van der Waals surface area contributed by atoms with Crippen molar-refractivity contribution in [3.63, 3.8) is 0 Å². The molecule has 0 radical (unpaired) electrons. The van der Waals surface area contributed by atoms with Crippen LogP contribution in [0.1, 0.15) is 18.1 Å². The van der Waals surface area contributed by atoms with Crippen LogP contribution >= 0.6 is 0 Å². The van der Waals surface area contributed by atoms with Gasteiger partial charge in [0.15, 0.2) is 9.84 Å². The lowest BCUT2D eigenvalue weighted by molar-refractivity contribution is 0.186. The Balaban J connectivity index is 1.71. The van der Waals surface area contributed by atoms with Gasteiger partial charge in [0.05, 0.1) is 18.1 Å². The number of nitrogens with one attached hydrogen (secondary N) is 1. The average Bonchev–Trinajstić information content (AvgIpc) is 2.34. The van der Waals surface area contributed by atoms with Gasteiger partial charge in [-0.3, -0.25) is 0 Å². The fourth-order valence-electron chi connectivity index (χ4n) is 2.97. The van der Waals surface area contributed by atoms with E-state index in [2.05, 4.69) is 11.4 Å². The third-order valence-corrected chi connectivity index (χ3v) is 6.09. The highest BCUT2D eigenvalue weighted by Gasteiger charge is 2.45. The summed E-state index contributed by atoms with van der Waals surface area (Å²) in [6, 6.07) is 6.13. The molecule has 3 rings (SSSR count). The molecule has 1 aromatic carbocycles. The predicted octanol–water partition coefficient (Wildman–Crippen LogP) is 1.15. The van der Waals surface area contributed by atoms with Gasteiger partial charge in [-0.1, -0.05) is 19.1 Å². The zero-order valence-electron chi connectivity index (χ0n) is 11.1. The number of hydrogen-bond donors (Lipinski definition) is 1. The van der Waals surface area contributed by atoms with Crippen LogP contribution in [0, 0.1) is 5.41 Å². The van der Waals surface area contributed by atoms with Crippen molar-refractivity contribution in [2.24, 2.45) is 5.41 Å². The molecule has 2 heterocycles. The molecular weight excluding hydrogens is 262 g/mol. The number of hydrogen-bond acceptors (Lipinski definition) is 4. The molecule has 0 amide bonds. The van der Waals surface area contributed by atoms with E-state index in [4.69, 9.17) is 4.74 Å². The first-order valence-electron chi connectivity index (χ1n) is 6.62. The van der Waals surface area contributed by atoms with E-state index in [1.54, 1.807) is 0 Å². The van der Waals surface area contributed by atoms with E-state index in [1.165, 1.54) is 11.1 Å². The highest BCUT2D eigenvalue weighted by atomic mass is 32.2. The Bertz CT molecular complexity index is 583. The Kier molecular flexibility index (Phi) is 3.06. The fraction of sp³-hybridized carbons (Fsp3) is 0.571. The first-order valence-corrected chi connectivity index (χ1v) is 8.44. The molecule has 0 saturated carbocycles. The minimum atomic E-state index is -2.80. The lowest BCUT2D eigenvalue weighted by atomic mass is 9.96. The zero-order chi connectivity index (χ0) is 13.5. The molecule has 4 nitrogen and oxygen atoms in total. The Morgan fingerprint density at radius 2 is 2.16 bits per heavy atom. The van der Waals surface area contributed by atoms with Gasteiger partial charge in [-0.2, -0.15) is 0 Å². The topological polar surface area (TPSA) is 55.4 Å². The second kappa shape index (κ2) is 4.49. The summed E-state index contributed by atoms with van der Waals surface area (Å²) >= 11 is 0. The van der Waals surface area contributed by atoms with Crippen LogP contribution in [0.3, 0.4) is 0 Å². The number of fused-ring (bicyclic) bond motifs is 1. The standard InChI is InChI=1S/C14H19NO3S/c1-14(9-19(16,17)10-14)8-18-13-4-2-3-11-5-6-15-7-12(11)13/h2-4,15H,5-10H2,1H3. The third kappa shape index (κ3) is 2.62. The maximum atomic E-state index is 11.3. The van der Waals surface area contributed by atoms with Crippen molar-refractivity contribution < 1.29 is 13.2 Å². The molecule has 1 aromatic rings. The molecule has 0 spiro atoms. The number of rotatable bonds is 3. The Morgan fingerprint density at radius 3 is 2.89 bits per heavy atom. The molecule has 0 unspecified atom stereocenters. The molecule has 2 aliphatic rings. The van der Waals surface area contributed by atoms with E-state index in [0.717, 1.165) is 25.3 Å². The van der Waals surface area contributed by atoms with E-state index in [1.807, 2.05) is 19.1 Å². The maximum Gasteiger partial charge on any atom is 0.151 e. The smallest absolute Gasteiger partial charge is 0.151 e. The first kappa shape index (κ1) is 12.9. The molecule has 0 aromatic heterocycles. The molecule has 0 bridgehead atoms. The van der Waals surface area contributed by atoms with Gasteiger partial charge in [0.1, 0.15) is 5.75 Å². The maximum absolute atomic E-state index is 11.3. The van der Waals surface area contributed by atoms with Crippen molar-refractivity contribution in [2.45, 2.75) is 19.9 Å². The van der Waals surface area contributed by atoms with Gasteiger partial charge in [-0.05, 0) is 24.6 Å². The molecule has 2 aliphatic heterocycles. The SMILES string of the molecule is CC1(COc2cccc3c2CNCC3)CS(=O)(=O)C1. The van der Waals surface area contributed by atoms with Crippen molar-refractivity contribution in [3.05, 3.63) is 29.3 Å². The highest BCUT2D eigenvalue weighted by molar-refractivity contribution is 7.92. The van der Waals surface area contributed by atoms with Crippen LogP contribution in [0.25, 0.3) is 0 Å².